The number of carbonyl (C=O) groups excluding carboxylic acids is 1. The zero-order valence-electron chi connectivity index (χ0n) is 10.7. The second-order valence-corrected chi connectivity index (χ2v) is 5.90. The van der Waals surface area contributed by atoms with Crippen LogP contribution in [-0.4, -0.2) is 13.0 Å². The highest BCUT2D eigenvalue weighted by molar-refractivity contribution is 14.1. The van der Waals surface area contributed by atoms with E-state index in [9.17, 15) is 4.79 Å². The molecule has 0 saturated carbocycles. The van der Waals surface area contributed by atoms with Crippen molar-refractivity contribution < 1.29 is 4.79 Å². The molecule has 0 spiro atoms. The molecule has 0 radical (unpaired) electrons. The number of rotatable bonds is 2. The number of hydrogen-bond acceptors (Lipinski definition) is 1. The molecule has 0 aliphatic rings. The monoisotopic (exact) mass is 385 g/mol. The summed E-state index contributed by atoms with van der Waals surface area (Å²) in [6.07, 6.45) is 0. The normalized spacial score (nSPS) is 10.3. The fourth-order valence-electron chi connectivity index (χ4n) is 1.78. The van der Waals surface area contributed by atoms with Crippen molar-refractivity contribution in [3.8, 4) is 0 Å². The summed E-state index contributed by atoms with van der Waals surface area (Å²) in [4.78, 5) is 14.0. The number of benzene rings is 2. The topological polar surface area (TPSA) is 20.3 Å². The van der Waals surface area contributed by atoms with Crippen molar-refractivity contribution >= 4 is 45.8 Å². The molecule has 0 atom stereocenters. The number of halogens is 2. The number of carbonyl (C=O) groups is 1. The first kappa shape index (κ1) is 14.3. The van der Waals surface area contributed by atoms with Crippen LogP contribution in [0.5, 0.6) is 0 Å². The highest BCUT2D eigenvalue weighted by atomic mass is 127. The zero-order valence-corrected chi connectivity index (χ0v) is 13.6. The van der Waals surface area contributed by atoms with E-state index in [1.807, 2.05) is 37.3 Å². The molecule has 1 amide bonds. The molecule has 19 heavy (non-hydrogen) atoms. The molecular formula is C15H13ClINO. The number of aryl methyl sites for hydroxylation is 1. The average Bonchev–Trinajstić information content (AvgIpc) is 2.40. The number of amides is 1. The Kier molecular flexibility index (Phi) is 4.47. The molecule has 0 fully saturated rings. The number of hydrogen-bond donors (Lipinski definition) is 0. The van der Waals surface area contributed by atoms with Crippen LogP contribution < -0.4 is 4.90 Å². The minimum Gasteiger partial charge on any atom is -0.311 e. The third-order valence-corrected chi connectivity index (χ3v) is 4.43. The van der Waals surface area contributed by atoms with Gasteiger partial charge in [0.05, 0.1) is 5.02 Å². The maximum absolute atomic E-state index is 12.4. The van der Waals surface area contributed by atoms with Crippen molar-refractivity contribution in [2.75, 3.05) is 11.9 Å². The van der Waals surface area contributed by atoms with Gasteiger partial charge in [-0.2, -0.15) is 0 Å². The first-order chi connectivity index (χ1) is 8.99. The SMILES string of the molecule is Cc1cccc(N(C)C(=O)c2ccc(I)c(Cl)c2)c1. The van der Waals surface area contributed by atoms with Crippen LogP contribution >= 0.6 is 34.2 Å². The van der Waals surface area contributed by atoms with Crippen molar-refractivity contribution in [2.45, 2.75) is 6.92 Å². The fourth-order valence-corrected chi connectivity index (χ4v) is 2.29. The van der Waals surface area contributed by atoms with Crippen LogP contribution in [0.4, 0.5) is 5.69 Å². The predicted molar refractivity (Wildman–Crippen MR) is 88.1 cm³/mol. The summed E-state index contributed by atoms with van der Waals surface area (Å²) in [6.45, 7) is 2.00. The third kappa shape index (κ3) is 3.28. The van der Waals surface area contributed by atoms with Crippen LogP contribution in [0.1, 0.15) is 15.9 Å². The van der Waals surface area contributed by atoms with E-state index in [0.717, 1.165) is 14.8 Å². The van der Waals surface area contributed by atoms with Crippen LogP contribution in [0.25, 0.3) is 0 Å². The highest BCUT2D eigenvalue weighted by Crippen LogP contribution is 2.22. The predicted octanol–water partition coefficient (Wildman–Crippen LogP) is 4.53. The smallest absolute Gasteiger partial charge is 0.258 e. The van der Waals surface area contributed by atoms with E-state index in [1.165, 1.54) is 0 Å². The summed E-state index contributed by atoms with van der Waals surface area (Å²) in [7, 11) is 1.77. The van der Waals surface area contributed by atoms with Gasteiger partial charge in [0.2, 0.25) is 0 Å². The van der Waals surface area contributed by atoms with Gasteiger partial charge < -0.3 is 4.90 Å². The fraction of sp³-hybridized carbons (Fsp3) is 0.133. The lowest BCUT2D eigenvalue weighted by Gasteiger charge is -2.18. The van der Waals surface area contributed by atoms with Gasteiger partial charge in [-0.1, -0.05) is 23.7 Å². The van der Waals surface area contributed by atoms with Gasteiger partial charge in [0.25, 0.3) is 5.91 Å². The second kappa shape index (κ2) is 5.92. The highest BCUT2D eigenvalue weighted by Gasteiger charge is 2.14. The molecule has 0 aliphatic carbocycles. The lowest BCUT2D eigenvalue weighted by atomic mass is 10.1. The quantitative estimate of drug-likeness (QED) is 0.696. The van der Waals surface area contributed by atoms with Gasteiger partial charge in [-0.05, 0) is 65.4 Å². The van der Waals surface area contributed by atoms with E-state index in [0.29, 0.717) is 10.6 Å². The van der Waals surface area contributed by atoms with Crippen LogP contribution in [0.2, 0.25) is 5.02 Å². The summed E-state index contributed by atoms with van der Waals surface area (Å²) < 4.78 is 0.939. The van der Waals surface area contributed by atoms with Crippen molar-refractivity contribution in [2.24, 2.45) is 0 Å². The Morgan fingerprint density at radius 3 is 2.58 bits per heavy atom. The van der Waals surface area contributed by atoms with Gasteiger partial charge >= 0.3 is 0 Å². The van der Waals surface area contributed by atoms with Gasteiger partial charge in [-0.15, -0.1) is 0 Å². The zero-order chi connectivity index (χ0) is 14.0. The van der Waals surface area contributed by atoms with Crippen LogP contribution in [0.3, 0.4) is 0 Å². The van der Waals surface area contributed by atoms with Crippen molar-refractivity contribution in [3.05, 3.63) is 62.2 Å². The van der Waals surface area contributed by atoms with E-state index >= 15 is 0 Å². The van der Waals surface area contributed by atoms with E-state index in [4.69, 9.17) is 11.6 Å². The van der Waals surface area contributed by atoms with Gasteiger partial charge in [0.1, 0.15) is 0 Å². The van der Waals surface area contributed by atoms with Crippen LogP contribution in [-0.2, 0) is 0 Å². The summed E-state index contributed by atoms with van der Waals surface area (Å²) in [5.41, 5.74) is 2.59. The summed E-state index contributed by atoms with van der Waals surface area (Å²) in [5.74, 6) is -0.0658. The standard InChI is InChI=1S/C15H13ClINO/c1-10-4-3-5-12(8-10)18(2)15(19)11-6-7-14(17)13(16)9-11/h3-9H,1-2H3. The lowest BCUT2D eigenvalue weighted by Crippen LogP contribution is -2.26. The van der Waals surface area contributed by atoms with Crippen molar-refractivity contribution in [1.29, 1.82) is 0 Å². The molecule has 0 heterocycles. The maximum Gasteiger partial charge on any atom is 0.258 e. The van der Waals surface area contributed by atoms with E-state index in [-0.39, 0.29) is 5.91 Å². The Bertz CT molecular complexity index is 627. The Morgan fingerprint density at radius 1 is 1.21 bits per heavy atom. The molecule has 4 heteroatoms. The minimum atomic E-state index is -0.0658. The number of nitrogens with zero attached hydrogens (tertiary/aromatic N) is 1. The Balaban J connectivity index is 2.30. The van der Waals surface area contributed by atoms with E-state index in [1.54, 1.807) is 24.1 Å². The molecule has 0 aromatic heterocycles. The van der Waals surface area contributed by atoms with Crippen LogP contribution in [0, 0.1) is 10.5 Å². The van der Waals surface area contributed by atoms with Gasteiger partial charge in [0, 0.05) is 21.9 Å². The number of anilines is 1. The van der Waals surface area contributed by atoms with Gasteiger partial charge in [-0.25, -0.2) is 0 Å². The van der Waals surface area contributed by atoms with Crippen LogP contribution in [0.15, 0.2) is 42.5 Å². The van der Waals surface area contributed by atoms with Crippen molar-refractivity contribution in [1.82, 2.24) is 0 Å². The maximum atomic E-state index is 12.4. The minimum absolute atomic E-state index is 0.0658. The molecule has 98 valence electrons. The second-order valence-electron chi connectivity index (χ2n) is 4.33. The molecule has 0 unspecified atom stereocenters. The van der Waals surface area contributed by atoms with E-state index in [2.05, 4.69) is 22.6 Å². The Morgan fingerprint density at radius 2 is 1.95 bits per heavy atom. The summed E-state index contributed by atoms with van der Waals surface area (Å²) in [5, 5.41) is 0.601. The largest absolute Gasteiger partial charge is 0.311 e. The summed E-state index contributed by atoms with van der Waals surface area (Å²) >= 11 is 8.20. The molecular weight excluding hydrogens is 373 g/mol. The lowest BCUT2D eigenvalue weighted by molar-refractivity contribution is 0.0993. The molecule has 2 rings (SSSR count). The molecule has 2 aromatic rings. The molecule has 2 nitrogen and oxygen atoms in total. The first-order valence-corrected chi connectivity index (χ1v) is 7.24. The average molecular weight is 386 g/mol. The van der Waals surface area contributed by atoms with Crippen molar-refractivity contribution in [3.63, 3.8) is 0 Å². The molecule has 2 aromatic carbocycles. The third-order valence-electron chi connectivity index (χ3n) is 2.86. The molecule has 0 aliphatic heterocycles. The van der Waals surface area contributed by atoms with Gasteiger partial charge in [0.15, 0.2) is 0 Å². The van der Waals surface area contributed by atoms with E-state index < -0.39 is 0 Å². The Hall–Kier alpha value is -1.07. The Labute approximate surface area is 131 Å². The molecule has 0 saturated heterocycles. The first-order valence-electron chi connectivity index (χ1n) is 5.79. The molecule has 0 bridgehead atoms. The molecule has 0 N–H and O–H groups in total. The van der Waals surface area contributed by atoms with Gasteiger partial charge in [-0.3, -0.25) is 4.79 Å². The summed E-state index contributed by atoms with van der Waals surface area (Å²) in [6, 6.07) is 13.2.